The number of para-hydroxylation sites is 3. The number of hydrogen-bond acceptors (Lipinski definition) is 4. The Morgan fingerprint density at radius 3 is 2.67 bits per heavy atom. The molecule has 3 rings (SSSR count). The maximum absolute atomic E-state index is 12.4. The lowest BCUT2D eigenvalue weighted by atomic mass is 10.1. The zero-order valence-electron chi connectivity index (χ0n) is 11.4. The molecule has 0 fully saturated rings. The summed E-state index contributed by atoms with van der Waals surface area (Å²) < 4.78 is 5.22. The van der Waals surface area contributed by atoms with Crippen molar-refractivity contribution in [1.82, 2.24) is 9.97 Å². The fourth-order valence-electron chi connectivity index (χ4n) is 2.12. The molecule has 0 aliphatic rings. The summed E-state index contributed by atoms with van der Waals surface area (Å²) >= 11 is 0. The van der Waals surface area contributed by atoms with Crippen LogP contribution in [0, 0.1) is 0 Å². The van der Waals surface area contributed by atoms with Crippen molar-refractivity contribution < 1.29 is 9.53 Å². The fourth-order valence-corrected chi connectivity index (χ4v) is 2.12. The average molecular weight is 279 g/mol. The average Bonchev–Trinajstić information content (AvgIpc) is 2.54. The van der Waals surface area contributed by atoms with Crippen LogP contribution in [0.4, 0.5) is 5.69 Å². The van der Waals surface area contributed by atoms with Gasteiger partial charge in [-0.05, 0) is 18.2 Å². The van der Waals surface area contributed by atoms with E-state index in [-0.39, 0.29) is 5.91 Å². The second-order valence-electron chi connectivity index (χ2n) is 4.39. The van der Waals surface area contributed by atoms with Gasteiger partial charge in [0, 0.05) is 5.39 Å². The summed E-state index contributed by atoms with van der Waals surface area (Å²) in [6.45, 7) is 0. The van der Waals surface area contributed by atoms with Gasteiger partial charge in [-0.3, -0.25) is 4.79 Å². The smallest absolute Gasteiger partial charge is 0.275 e. The molecule has 1 aromatic heterocycles. The van der Waals surface area contributed by atoms with Gasteiger partial charge in [-0.15, -0.1) is 0 Å². The number of methoxy groups -OCH3 is 1. The van der Waals surface area contributed by atoms with Crippen molar-refractivity contribution in [2.75, 3.05) is 12.4 Å². The van der Waals surface area contributed by atoms with Gasteiger partial charge in [0.1, 0.15) is 17.8 Å². The molecule has 3 aromatic rings. The molecule has 0 spiro atoms. The number of amides is 1. The normalized spacial score (nSPS) is 10.3. The van der Waals surface area contributed by atoms with E-state index in [9.17, 15) is 4.79 Å². The molecule has 0 aliphatic carbocycles. The minimum absolute atomic E-state index is 0.293. The number of carbonyl (C=O) groups excluding carboxylic acids is 1. The number of anilines is 1. The third kappa shape index (κ3) is 2.53. The van der Waals surface area contributed by atoms with E-state index in [1.165, 1.54) is 6.33 Å². The quantitative estimate of drug-likeness (QED) is 0.800. The third-order valence-corrected chi connectivity index (χ3v) is 3.11. The van der Waals surface area contributed by atoms with Crippen molar-refractivity contribution in [3.05, 3.63) is 60.6 Å². The molecule has 0 aliphatic heterocycles. The number of ether oxygens (including phenoxy) is 1. The summed E-state index contributed by atoms with van der Waals surface area (Å²) in [7, 11) is 1.56. The number of nitrogens with zero attached hydrogens (tertiary/aromatic N) is 2. The molecule has 0 unspecified atom stereocenters. The summed E-state index contributed by atoms with van der Waals surface area (Å²) in [6.07, 6.45) is 1.39. The Hall–Kier alpha value is -2.95. The van der Waals surface area contributed by atoms with Gasteiger partial charge in [-0.2, -0.15) is 0 Å². The number of nitrogens with one attached hydrogen (secondary N) is 1. The van der Waals surface area contributed by atoms with Crippen molar-refractivity contribution >= 4 is 22.5 Å². The maximum atomic E-state index is 12.4. The molecule has 1 N–H and O–H groups in total. The van der Waals surface area contributed by atoms with Crippen molar-refractivity contribution in [3.8, 4) is 5.75 Å². The predicted molar refractivity (Wildman–Crippen MR) is 80.5 cm³/mol. The third-order valence-electron chi connectivity index (χ3n) is 3.11. The molecule has 5 nitrogen and oxygen atoms in total. The Kier molecular flexibility index (Phi) is 3.47. The zero-order valence-corrected chi connectivity index (χ0v) is 11.4. The minimum Gasteiger partial charge on any atom is -0.495 e. The van der Waals surface area contributed by atoms with Crippen molar-refractivity contribution in [1.29, 1.82) is 0 Å². The van der Waals surface area contributed by atoms with Crippen molar-refractivity contribution in [2.24, 2.45) is 0 Å². The van der Waals surface area contributed by atoms with Gasteiger partial charge in [0.15, 0.2) is 0 Å². The van der Waals surface area contributed by atoms with E-state index >= 15 is 0 Å². The molecule has 104 valence electrons. The number of aromatic nitrogens is 2. The summed E-state index contributed by atoms with van der Waals surface area (Å²) in [5.74, 6) is 0.308. The highest BCUT2D eigenvalue weighted by Crippen LogP contribution is 2.24. The van der Waals surface area contributed by atoms with Crippen LogP contribution < -0.4 is 10.1 Å². The molecule has 0 saturated heterocycles. The van der Waals surface area contributed by atoms with Gasteiger partial charge in [0.2, 0.25) is 0 Å². The van der Waals surface area contributed by atoms with Gasteiger partial charge in [0.05, 0.1) is 18.3 Å². The Balaban J connectivity index is 1.98. The number of fused-ring (bicyclic) bond motifs is 1. The van der Waals surface area contributed by atoms with Crippen molar-refractivity contribution in [3.63, 3.8) is 0 Å². The highest BCUT2D eigenvalue weighted by molar-refractivity contribution is 6.11. The standard InChI is InChI=1S/C16H13N3O2/c1-21-14-9-5-4-8-13(14)19-16(20)15-11-6-2-3-7-12(11)17-10-18-15/h2-10H,1H3,(H,19,20). The van der Waals surface area contributed by atoms with Crippen LogP contribution >= 0.6 is 0 Å². The highest BCUT2D eigenvalue weighted by atomic mass is 16.5. The van der Waals surface area contributed by atoms with Crippen LogP contribution in [0.3, 0.4) is 0 Å². The molecule has 0 bridgehead atoms. The Labute approximate surface area is 121 Å². The number of carbonyl (C=O) groups is 1. The Morgan fingerprint density at radius 2 is 1.81 bits per heavy atom. The largest absolute Gasteiger partial charge is 0.495 e. The van der Waals surface area contributed by atoms with Crippen LogP contribution in [0.2, 0.25) is 0 Å². The van der Waals surface area contributed by atoms with E-state index in [1.54, 1.807) is 19.2 Å². The molecule has 1 amide bonds. The number of rotatable bonds is 3. The first-order valence-electron chi connectivity index (χ1n) is 6.43. The van der Waals surface area contributed by atoms with Crippen LogP contribution in [0.1, 0.15) is 10.5 Å². The lowest BCUT2D eigenvalue weighted by Gasteiger charge is -2.10. The molecule has 21 heavy (non-hydrogen) atoms. The summed E-state index contributed by atoms with van der Waals surface area (Å²) in [4.78, 5) is 20.7. The predicted octanol–water partition coefficient (Wildman–Crippen LogP) is 2.89. The van der Waals surface area contributed by atoms with Gasteiger partial charge in [-0.25, -0.2) is 9.97 Å². The first kappa shape index (κ1) is 13.1. The topological polar surface area (TPSA) is 64.1 Å². The van der Waals surface area contributed by atoms with E-state index in [4.69, 9.17) is 4.74 Å². The maximum Gasteiger partial charge on any atom is 0.275 e. The monoisotopic (exact) mass is 279 g/mol. The van der Waals surface area contributed by atoms with Gasteiger partial charge in [-0.1, -0.05) is 30.3 Å². The van der Waals surface area contributed by atoms with Gasteiger partial charge < -0.3 is 10.1 Å². The van der Waals surface area contributed by atoms with E-state index in [0.29, 0.717) is 22.5 Å². The first-order chi connectivity index (χ1) is 10.3. The van der Waals surface area contributed by atoms with E-state index in [0.717, 1.165) is 5.52 Å². The highest BCUT2D eigenvalue weighted by Gasteiger charge is 2.14. The molecule has 1 heterocycles. The lowest BCUT2D eigenvalue weighted by Crippen LogP contribution is -2.15. The molecular formula is C16H13N3O2. The Bertz CT molecular complexity index is 797. The lowest BCUT2D eigenvalue weighted by molar-refractivity contribution is 0.102. The minimum atomic E-state index is -0.293. The van der Waals surface area contributed by atoms with Crippen LogP contribution in [0.15, 0.2) is 54.9 Å². The SMILES string of the molecule is COc1ccccc1NC(=O)c1ncnc2ccccc12. The van der Waals surface area contributed by atoms with E-state index < -0.39 is 0 Å². The second-order valence-corrected chi connectivity index (χ2v) is 4.39. The van der Waals surface area contributed by atoms with Crippen LogP contribution in [0.5, 0.6) is 5.75 Å². The van der Waals surface area contributed by atoms with Crippen LogP contribution in [-0.4, -0.2) is 23.0 Å². The molecule has 0 atom stereocenters. The van der Waals surface area contributed by atoms with Crippen LogP contribution in [0.25, 0.3) is 10.9 Å². The Morgan fingerprint density at radius 1 is 1.05 bits per heavy atom. The summed E-state index contributed by atoms with van der Waals surface area (Å²) in [5.41, 5.74) is 1.68. The summed E-state index contributed by atoms with van der Waals surface area (Å²) in [6, 6.07) is 14.6. The first-order valence-corrected chi connectivity index (χ1v) is 6.43. The number of hydrogen-bond donors (Lipinski definition) is 1. The van der Waals surface area contributed by atoms with E-state index in [2.05, 4.69) is 15.3 Å². The second kappa shape index (κ2) is 5.58. The zero-order chi connectivity index (χ0) is 14.7. The molecule has 0 saturated carbocycles. The molecule has 2 aromatic carbocycles. The fraction of sp³-hybridized carbons (Fsp3) is 0.0625. The number of benzene rings is 2. The van der Waals surface area contributed by atoms with E-state index in [1.807, 2.05) is 36.4 Å². The molecule has 5 heteroatoms. The van der Waals surface area contributed by atoms with Crippen LogP contribution in [-0.2, 0) is 0 Å². The summed E-state index contributed by atoms with van der Waals surface area (Å²) in [5, 5.41) is 3.53. The van der Waals surface area contributed by atoms with Crippen molar-refractivity contribution in [2.45, 2.75) is 0 Å². The van der Waals surface area contributed by atoms with Gasteiger partial charge in [0.25, 0.3) is 5.91 Å². The molecule has 0 radical (unpaired) electrons. The van der Waals surface area contributed by atoms with Gasteiger partial charge >= 0.3 is 0 Å². The molecular weight excluding hydrogens is 266 g/mol.